The highest BCUT2D eigenvalue weighted by Gasteiger charge is 2.16. The molecular weight excluding hydrogens is 333 g/mol. The van der Waals surface area contributed by atoms with E-state index in [0.717, 1.165) is 0 Å². The Balaban J connectivity index is 1.98. The zero-order chi connectivity index (χ0) is 17.3. The van der Waals surface area contributed by atoms with E-state index in [9.17, 15) is 14.0 Å². The lowest BCUT2D eigenvalue weighted by molar-refractivity contribution is 0.628. The highest BCUT2D eigenvalue weighted by atomic mass is 32.1. The first-order valence-electron chi connectivity index (χ1n) is 7.10. The maximum Gasteiger partial charge on any atom is 0.329 e. The maximum absolute atomic E-state index is 12.9. The molecule has 24 heavy (non-hydrogen) atoms. The van der Waals surface area contributed by atoms with Gasteiger partial charge in [0.15, 0.2) is 5.13 Å². The Bertz CT molecular complexity index is 990. The zero-order valence-corrected chi connectivity index (χ0v) is 13.5. The molecule has 0 aliphatic carbocycles. The van der Waals surface area contributed by atoms with Gasteiger partial charge in [0.2, 0.25) is 0 Å². The van der Waals surface area contributed by atoms with E-state index in [0.29, 0.717) is 23.1 Å². The Morgan fingerprint density at radius 2 is 2.04 bits per heavy atom. The lowest BCUT2D eigenvalue weighted by Gasteiger charge is -2.08. The average molecular weight is 347 g/mol. The van der Waals surface area contributed by atoms with E-state index >= 15 is 0 Å². The molecule has 0 spiro atoms. The van der Waals surface area contributed by atoms with Gasteiger partial charge >= 0.3 is 5.69 Å². The van der Waals surface area contributed by atoms with E-state index in [2.05, 4.69) is 15.3 Å². The third-order valence-corrected chi connectivity index (χ3v) is 4.17. The highest BCUT2D eigenvalue weighted by Crippen LogP contribution is 2.27. The molecule has 0 amide bonds. The van der Waals surface area contributed by atoms with Gasteiger partial charge in [-0.3, -0.25) is 14.3 Å². The summed E-state index contributed by atoms with van der Waals surface area (Å²) in [5, 5.41) is 5.20. The Labute approximate surface area is 139 Å². The number of hydrogen-bond donors (Lipinski definition) is 3. The number of H-pyrrole nitrogens is 1. The molecule has 0 atom stereocenters. The number of rotatable bonds is 4. The summed E-state index contributed by atoms with van der Waals surface area (Å²) in [6, 6.07) is 5.82. The van der Waals surface area contributed by atoms with E-state index in [4.69, 9.17) is 5.73 Å². The van der Waals surface area contributed by atoms with Crippen LogP contribution in [0.4, 0.5) is 21.0 Å². The van der Waals surface area contributed by atoms with Gasteiger partial charge in [0.05, 0.1) is 5.69 Å². The zero-order valence-electron chi connectivity index (χ0n) is 12.7. The number of anilines is 3. The number of halogens is 1. The van der Waals surface area contributed by atoms with Crippen LogP contribution in [0.1, 0.15) is 6.92 Å². The summed E-state index contributed by atoms with van der Waals surface area (Å²) in [5.74, 6) is -0.258. The Kier molecular flexibility index (Phi) is 4.17. The van der Waals surface area contributed by atoms with Crippen LogP contribution in [0.2, 0.25) is 0 Å². The van der Waals surface area contributed by atoms with Crippen LogP contribution in [0.5, 0.6) is 0 Å². The van der Waals surface area contributed by atoms with Crippen LogP contribution in [0.15, 0.2) is 39.2 Å². The molecule has 3 rings (SSSR count). The lowest BCUT2D eigenvalue weighted by atomic mass is 10.2. The van der Waals surface area contributed by atoms with Crippen LogP contribution in [-0.4, -0.2) is 14.5 Å². The molecule has 0 fully saturated rings. The largest absolute Gasteiger partial charge is 0.384 e. The number of thiazole rings is 1. The van der Waals surface area contributed by atoms with Crippen molar-refractivity contribution in [2.45, 2.75) is 13.5 Å². The normalized spacial score (nSPS) is 10.8. The quantitative estimate of drug-likeness (QED) is 0.670. The molecule has 2 aromatic heterocycles. The van der Waals surface area contributed by atoms with Gasteiger partial charge in [0.1, 0.15) is 17.2 Å². The summed E-state index contributed by atoms with van der Waals surface area (Å²) in [7, 11) is 0. The first-order valence-corrected chi connectivity index (χ1v) is 7.98. The van der Waals surface area contributed by atoms with Crippen LogP contribution in [0.25, 0.3) is 11.3 Å². The van der Waals surface area contributed by atoms with Gasteiger partial charge in [0, 0.05) is 17.6 Å². The number of nitrogen functional groups attached to an aromatic ring is 1. The monoisotopic (exact) mass is 347 g/mol. The topological polar surface area (TPSA) is 106 Å². The molecule has 1 aromatic carbocycles. The third kappa shape index (κ3) is 2.93. The standard InChI is InChI=1S/C15H14FN5O2S/c1-2-21-12(17)11(13(22)20-15(21)23)10-7-24-14(19-10)18-9-5-3-8(16)4-6-9/h3-7H,2,17H2,1H3,(H,18,19)(H,20,22,23). The molecule has 0 bridgehead atoms. The molecule has 0 saturated heterocycles. The fourth-order valence-corrected chi connectivity index (χ4v) is 2.97. The molecule has 0 aliphatic heterocycles. The van der Waals surface area contributed by atoms with Crippen molar-refractivity contribution >= 4 is 28.0 Å². The number of hydrogen-bond acceptors (Lipinski definition) is 6. The van der Waals surface area contributed by atoms with Crippen LogP contribution in [-0.2, 0) is 6.54 Å². The van der Waals surface area contributed by atoms with Crippen LogP contribution < -0.4 is 22.3 Å². The number of nitrogens with two attached hydrogens (primary N) is 1. The molecule has 9 heteroatoms. The second-order valence-corrected chi connectivity index (χ2v) is 5.79. The smallest absolute Gasteiger partial charge is 0.329 e. The van der Waals surface area contributed by atoms with Gasteiger partial charge in [-0.1, -0.05) is 0 Å². The maximum atomic E-state index is 12.9. The predicted octanol–water partition coefficient (Wildman–Crippen LogP) is 2.14. The van der Waals surface area contributed by atoms with Crippen molar-refractivity contribution in [2.24, 2.45) is 0 Å². The van der Waals surface area contributed by atoms with Gasteiger partial charge in [-0.05, 0) is 31.2 Å². The predicted molar refractivity (Wildman–Crippen MR) is 92.2 cm³/mol. The van der Waals surface area contributed by atoms with Crippen molar-refractivity contribution in [1.82, 2.24) is 14.5 Å². The Morgan fingerprint density at radius 1 is 1.33 bits per heavy atom. The summed E-state index contributed by atoms with van der Waals surface area (Å²) < 4.78 is 14.2. The molecule has 0 aliphatic rings. The van der Waals surface area contributed by atoms with Crippen LogP contribution in [0, 0.1) is 5.82 Å². The van der Waals surface area contributed by atoms with Crippen LogP contribution in [0.3, 0.4) is 0 Å². The van der Waals surface area contributed by atoms with E-state index < -0.39 is 11.2 Å². The summed E-state index contributed by atoms with van der Waals surface area (Å²) >= 11 is 1.27. The number of benzene rings is 1. The summed E-state index contributed by atoms with van der Waals surface area (Å²) in [5.41, 5.74) is 6.00. The molecule has 3 aromatic rings. The van der Waals surface area contributed by atoms with Crippen LogP contribution >= 0.6 is 11.3 Å². The minimum absolute atomic E-state index is 0.0740. The van der Waals surface area contributed by atoms with Crippen molar-refractivity contribution in [1.29, 1.82) is 0 Å². The van der Waals surface area contributed by atoms with Gasteiger partial charge in [-0.2, -0.15) is 0 Å². The Hall–Kier alpha value is -2.94. The van der Waals surface area contributed by atoms with Crippen molar-refractivity contribution in [3.8, 4) is 11.3 Å². The minimum atomic E-state index is -0.583. The number of aromatic nitrogens is 3. The number of nitrogens with one attached hydrogen (secondary N) is 2. The molecular formula is C15H14FN5O2S. The van der Waals surface area contributed by atoms with E-state index in [1.54, 1.807) is 24.4 Å². The number of nitrogens with zero attached hydrogens (tertiary/aromatic N) is 2. The SMILES string of the molecule is CCn1c(N)c(-c2csc(Nc3ccc(F)cc3)n2)c(=O)[nH]c1=O. The van der Waals surface area contributed by atoms with Crippen molar-refractivity contribution in [3.63, 3.8) is 0 Å². The summed E-state index contributed by atoms with van der Waals surface area (Å²) in [6.45, 7) is 2.09. The first kappa shape index (κ1) is 15.9. The minimum Gasteiger partial charge on any atom is -0.384 e. The molecule has 7 nitrogen and oxygen atoms in total. The van der Waals surface area contributed by atoms with Crippen molar-refractivity contribution < 1.29 is 4.39 Å². The molecule has 0 radical (unpaired) electrons. The summed E-state index contributed by atoms with van der Waals surface area (Å²) in [4.78, 5) is 30.4. The fraction of sp³-hybridized carbons (Fsp3) is 0.133. The average Bonchev–Trinajstić information content (AvgIpc) is 2.97. The van der Waals surface area contributed by atoms with E-state index in [1.807, 2.05) is 0 Å². The highest BCUT2D eigenvalue weighted by molar-refractivity contribution is 7.14. The molecule has 124 valence electrons. The van der Waals surface area contributed by atoms with Crippen molar-refractivity contribution in [3.05, 3.63) is 56.3 Å². The van der Waals surface area contributed by atoms with E-state index in [-0.39, 0.29) is 17.2 Å². The molecule has 2 heterocycles. The summed E-state index contributed by atoms with van der Waals surface area (Å²) in [6.07, 6.45) is 0. The molecule has 0 unspecified atom stereocenters. The van der Waals surface area contributed by atoms with Crippen molar-refractivity contribution in [2.75, 3.05) is 11.1 Å². The van der Waals surface area contributed by atoms with E-state index in [1.165, 1.54) is 28.0 Å². The second kappa shape index (κ2) is 6.28. The molecule has 4 N–H and O–H groups in total. The first-order chi connectivity index (χ1) is 11.5. The molecule has 0 saturated carbocycles. The van der Waals surface area contributed by atoms with Gasteiger partial charge in [0.25, 0.3) is 5.56 Å². The Morgan fingerprint density at radius 3 is 2.71 bits per heavy atom. The fourth-order valence-electron chi connectivity index (χ4n) is 2.25. The second-order valence-electron chi connectivity index (χ2n) is 4.93. The van der Waals surface area contributed by atoms with Gasteiger partial charge in [-0.25, -0.2) is 14.2 Å². The third-order valence-electron chi connectivity index (χ3n) is 3.41. The lowest BCUT2D eigenvalue weighted by Crippen LogP contribution is -2.32. The number of aromatic amines is 1. The van der Waals surface area contributed by atoms with Gasteiger partial charge in [-0.15, -0.1) is 11.3 Å². The van der Waals surface area contributed by atoms with Gasteiger partial charge < -0.3 is 11.1 Å².